The van der Waals surface area contributed by atoms with Gasteiger partial charge in [-0.25, -0.2) is 0 Å². The lowest BCUT2D eigenvalue weighted by Gasteiger charge is -2.16. The topological polar surface area (TPSA) is 132 Å². The normalized spacial score (nSPS) is 10.8. The molecule has 3 N–H and O–H groups in total. The van der Waals surface area contributed by atoms with Crippen molar-refractivity contribution < 1.29 is 34.3 Å². The minimum Gasteiger partial charge on any atom is -0.867 e. The Balaban J connectivity index is 2.35. The van der Waals surface area contributed by atoms with Crippen molar-refractivity contribution in [3.05, 3.63) is 34.5 Å². The standard InChI is InChI=1S/C17H14O8/c1-23-12-4-7(3-10(20)17(12)24-2)16-15(22)14(21)13-9(19)5-8(18)6-11(13)25-16/h3-6,18-20,22H,1-2H3/p-1. The lowest BCUT2D eigenvalue weighted by molar-refractivity contribution is -0.270. The Morgan fingerprint density at radius 2 is 1.72 bits per heavy atom. The third-order valence-corrected chi connectivity index (χ3v) is 3.64. The number of aromatic hydroxyl groups is 3. The highest BCUT2D eigenvalue weighted by Crippen LogP contribution is 2.42. The van der Waals surface area contributed by atoms with Crippen molar-refractivity contribution in [3.63, 3.8) is 0 Å². The Labute approximate surface area is 140 Å². The first-order valence-electron chi connectivity index (χ1n) is 7.02. The van der Waals surface area contributed by atoms with Crippen LogP contribution in [0.3, 0.4) is 0 Å². The van der Waals surface area contributed by atoms with E-state index in [2.05, 4.69) is 0 Å². The summed E-state index contributed by atoms with van der Waals surface area (Å²) in [6.07, 6.45) is 0. The van der Waals surface area contributed by atoms with Crippen LogP contribution in [-0.4, -0.2) is 29.5 Å². The van der Waals surface area contributed by atoms with E-state index in [9.17, 15) is 25.2 Å². The monoisotopic (exact) mass is 345 g/mol. The van der Waals surface area contributed by atoms with Gasteiger partial charge in [0, 0.05) is 17.7 Å². The average molecular weight is 345 g/mol. The number of fused-ring (bicyclic) bond motifs is 1. The van der Waals surface area contributed by atoms with Crippen molar-refractivity contribution in [3.8, 4) is 45.8 Å². The number of phenols is 3. The zero-order valence-corrected chi connectivity index (χ0v) is 13.2. The highest BCUT2D eigenvalue weighted by Gasteiger charge is 2.18. The molecule has 3 aromatic rings. The smallest absolute Gasteiger partial charge is 0.203 e. The van der Waals surface area contributed by atoms with Gasteiger partial charge in [0.2, 0.25) is 5.75 Å². The molecule has 3 rings (SSSR count). The van der Waals surface area contributed by atoms with Crippen LogP contribution in [0.2, 0.25) is 0 Å². The molecule has 0 atom stereocenters. The largest absolute Gasteiger partial charge is 0.867 e. The van der Waals surface area contributed by atoms with E-state index in [4.69, 9.17) is 13.9 Å². The molecule has 1 aromatic heterocycles. The Hall–Kier alpha value is -3.55. The zero-order chi connectivity index (χ0) is 18.3. The van der Waals surface area contributed by atoms with E-state index >= 15 is 0 Å². The molecule has 0 spiro atoms. The molecule has 0 radical (unpaired) electrons. The SMILES string of the molecule is COc1cc(-c2oc3cc(O)cc(O)c3c(=O)c2[O-])cc(O)c1OC. The van der Waals surface area contributed by atoms with E-state index in [0.717, 1.165) is 12.1 Å². The van der Waals surface area contributed by atoms with E-state index in [-0.39, 0.29) is 45.3 Å². The molecule has 0 unspecified atom stereocenters. The van der Waals surface area contributed by atoms with E-state index in [0.29, 0.717) is 0 Å². The second kappa shape index (κ2) is 5.82. The molecule has 0 aliphatic heterocycles. The number of ether oxygens (including phenoxy) is 2. The minimum atomic E-state index is -1.01. The predicted molar refractivity (Wildman–Crippen MR) is 85.5 cm³/mol. The molecule has 0 aliphatic rings. The summed E-state index contributed by atoms with van der Waals surface area (Å²) >= 11 is 0. The molecule has 8 nitrogen and oxygen atoms in total. The fourth-order valence-electron chi connectivity index (χ4n) is 2.53. The summed E-state index contributed by atoms with van der Waals surface area (Å²) in [6.45, 7) is 0. The third-order valence-electron chi connectivity index (χ3n) is 3.64. The van der Waals surface area contributed by atoms with Crippen molar-refractivity contribution in [2.45, 2.75) is 0 Å². The molecule has 0 amide bonds. The predicted octanol–water partition coefficient (Wildman–Crippen LogP) is 1.67. The number of benzene rings is 2. The molecule has 2 aromatic carbocycles. The molecule has 8 heteroatoms. The summed E-state index contributed by atoms with van der Waals surface area (Å²) in [6, 6.07) is 4.56. The minimum absolute atomic E-state index is 0.0529. The number of rotatable bonds is 3. The first kappa shape index (κ1) is 16.3. The maximum Gasteiger partial charge on any atom is 0.203 e. The second-order valence-corrected chi connectivity index (χ2v) is 5.16. The van der Waals surface area contributed by atoms with Crippen molar-refractivity contribution >= 4 is 11.0 Å². The molecule has 130 valence electrons. The molecular formula is C17H13O8-. The van der Waals surface area contributed by atoms with Crippen LogP contribution >= 0.6 is 0 Å². The van der Waals surface area contributed by atoms with Gasteiger partial charge in [0.15, 0.2) is 16.9 Å². The van der Waals surface area contributed by atoms with Crippen LogP contribution in [0.4, 0.5) is 0 Å². The van der Waals surface area contributed by atoms with Crippen LogP contribution in [0.5, 0.6) is 34.5 Å². The molecule has 0 aliphatic carbocycles. The Morgan fingerprint density at radius 3 is 2.36 bits per heavy atom. The van der Waals surface area contributed by atoms with Gasteiger partial charge in [-0.05, 0) is 17.9 Å². The van der Waals surface area contributed by atoms with Crippen LogP contribution in [0.1, 0.15) is 0 Å². The van der Waals surface area contributed by atoms with Crippen LogP contribution < -0.4 is 20.0 Å². The van der Waals surface area contributed by atoms with Crippen LogP contribution in [0, 0.1) is 0 Å². The summed E-state index contributed by atoms with van der Waals surface area (Å²) in [7, 11) is 2.67. The average Bonchev–Trinajstić information content (AvgIpc) is 2.56. The Bertz CT molecular complexity index is 1040. The molecule has 0 bridgehead atoms. The van der Waals surface area contributed by atoms with Crippen molar-refractivity contribution in [1.29, 1.82) is 0 Å². The Morgan fingerprint density at radius 1 is 1.00 bits per heavy atom. The number of hydrogen-bond donors (Lipinski definition) is 3. The molecular weight excluding hydrogens is 332 g/mol. The number of methoxy groups -OCH3 is 2. The van der Waals surface area contributed by atoms with E-state index in [1.165, 1.54) is 26.4 Å². The van der Waals surface area contributed by atoms with Crippen molar-refractivity contribution in [1.82, 2.24) is 0 Å². The quantitative estimate of drug-likeness (QED) is 0.653. The van der Waals surface area contributed by atoms with Gasteiger partial charge in [0.05, 0.1) is 14.2 Å². The van der Waals surface area contributed by atoms with Gasteiger partial charge in [-0.1, -0.05) is 0 Å². The molecule has 1 heterocycles. The van der Waals surface area contributed by atoms with Crippen LogP contribution in [0.25, 0.3) is 22.3 Å². The van der Waals surface area contributed by atoms with Crippen molar-refractivity contribution in [2.75, 3.05) is 14.2 Å². The second-order valence-electron chi connectivity index (χ2n) is 5.16. The third kappa shape index (κ3) is 2.53. The molecule has 0 saturated carbocycles. The summed E-state index contributed by atoms with van der Waals surface area (Å²) < 4.78 is 15.5. The summed E-state index contributed by atoms with van der Waals surface area (Å²) in [5.41, 5.74) is -1.10. The van der Waals surface area contributed by atoms with Gasteiger partial charge in [-0.2, -0.15) is 0 Å². The van der Waals surface area contributed by atoms with E-state index in [1.807, 2.05) is 0 Å². The van der Waals surface area contributed by atoms with Crippen LogP contribution in [0.15, 0.2) is 33.5 Å². The van der Waals surface area contributed by atoms with Gasteiger partial charge in [-0.3, -0.25) is 4.79 Å². The molecule has 25 heavy (non-hydrogen) atoms. The van der Waals surface area contributed by atoms with Gasteiger partial charge < -0.3 is 34.3 Å². The summed E-state index contributed by atoms with van der Waals surface area (Å²) in [4.78, 5) is 12.3. The maximum absolute atomic E-state index is 12.4. The highest BCUT2D eigenvalue weighted by molar-refractivity contribution is 5.88. The first-order valence-corrected chi connectivity index (χ1v) is 7.02. The van der Waals surface area contributed by atoms with Gasteiger partial charge >= 0.3 is 0 Å². The van der Waals surface area contributed by atoms with Gasteiger partial charge in [-0.15, -0.1) is 0 Å². The Kier molecular flexibility index (Phi) is 3.80. The highest BCUT2D eigenvalue weighted by atomic mass is 16.5. The summed E-state index contributed by atoms with van der Waals surface area (Å²) in [5.74, 6) is -2.44. The fourth-order valence-corrected chi connectivity index (χ4v) is 2.53. The van der Waals surface area contributed by atoms with Gasteiger partial charge in [0.1, 0.15) is 28.2 Å². The van der Waals surface area contributed by atoms with E-state index in [1.54, 1.807) is 0 Å². The number of hydrogen-bond acceptors (Lipinski definition) is 8. The maximum atomic E-state index is 12.4. The van der Waals surface area contributed by atoms with Gasteiger partial charge in [0.25, 0.3) is 0 Å². The molecule has 0 saturated heterocycles. The zero-order valence-electron chi connectivity index (χ0n) is 13.2. The summed E-state index contributed by atoms with van der Waals surface area (Å²) in [5, 5.41) is 41.4. The number of phenolic OH excluding ortho intramolecular Hbond substituents is 3. The lowest BCUT2D eigenvalue weighted by Crippen LogP contribution is -2.11. The van der Waals surface area contributed by atoms with Crippen molar-refractivity contribution in [2.24, 2.45) is 0 Å². The first-order chi connectivity index (χ1) is 11.9. The lowest BCUT2D eigenvalue weighted by atomic mass is 10.1. The van der Waals surface area contributed by atoms with Crippen LogP contribution in [-0.2, 0) is 0 Å². The fraction of sp³-hybridized carbons (Fsp3) is 0.118. The molecule has 0 fully saturated rings. The van der Waals surface area contributed by atoms with E-state index < -0.39 is 16.9 Å².